The van der Waals surface area contributed by atoms with E-state index in [1.807, 2.05) is 0 Å². The summed E-state index contributed by atoms with van der Waals surface area (Å²) in [5, 5.41) is 20.6. The number of nitrogens with one attached hydrogen (secondary N) is 1. The zero-order chi connectivity index (χ0) is 17.3. The Morgan fingerprint density at radius 3 is 1.83 bits per heavy atom. The van der Waals surface area contributed by atoms with Crippen molar-refractivity contribution in [1.82, 2.24) is 5.32 Å². The van der Waals surface area contributed by atoms with Crippen LogP contribution in [0.15, 0.2) is 0 Å². The van der Waals surface area contributed by atoms with Crippen LogP contribution in [0.5, 0.6) is 0 Å². The molecule has 0 aliphatic heterocycles. The van der Waals surface area contributed by atoms with E-state index >= 15 is 0 Å². The number of carboxylic acids is 2. The van der Waals surface area contributed by atoms with Gasteiger partial charge in [-0.15, -0.1) is 0 Å². The molecule has 0 saturated carbocycles. The maximum atomic E-state index is 10.7. The van der Waals surface area contributed by atoms with Gasteiger partial charge in [-0.1, -0.05) is 64.7 Å². The van der Waals surface area contributed by atoms with E-state index in [0.717, 1.165) is 12.8 Å². The highest BCUT2D eigenvalue weighted by Crippen LogP contribution is 2.13. The van der Waals surface area contributed by atoms with Gasteiger partial charge in [0.05, 0.1) is 6.42 Å². The molecular weight excluding hydrogens is 294 g/mol. The van der Waals surface area contributed by atoms with Gasteiger partial charge in [-0.3, -0.25) is 9.59 Å². The largest absolute Gasteiger partial charge is 0.481 e. The molecule has 1 atom stereocenters. The molecular formula is C18H35NO4. The van der Waals surface area contributed by atoms with Gasteiger partial charge in [-0.05, 0) is 12.8 Å². The number of unbranched alkanes of at least 4 members (excludes halogenated alkanes) is 8. The molecule has 0 amide bonds. The first-order chi connectivity index (χ1) is 11.1. The van der Waals surface area contributed by atoms with Crippen molar-refractivity contribution in [3.8, 4) is 0 Å². The molecule has 3 N–H and O–H groups in total. The molecule has 0 fully saturated rings. The average molecular weight is 329 g/mol. The number of carboxylic acid groups (broad SMARTS) is 2. The topological polar surface area (TPSA) is 86.6 Å². The molecule has 0 rings (SSSR count). The summed E-state index contributed by atoms with van der Waals surface area (Å²) in [5.41, 5.74) is 0. The minimum atomic E-state index is -0.822. The van der Waals surface area contributed by atoms with Crippen LogP contribution in [0.1, 0.15) is 90.4 Å². The van der Waals surface area contributed by atoms with Crippen LogP contribution in [0.25, 0.3) is 0 Å². The molecule has 0 aromatic heterocycles. The summed E-state index contributed by atoms with van der Waals surface area (Å²) in [6.07, 6.45) is 13.2. The lowest BCUT2D eigenvalue weighted by molar-refractivity contribution is -0.138. The van der Waals surface area contributed by atoms with Crippen LogP contribution in [-0.4, -0.2) is 34.7 Å². The third-order valence-electron chi connectivity index (χ3n) is 4.13. The van der Waals surface area contributed by atoms with Gasteiger partial charge in [0.25, 0.3) is 0 Å². The van der Waals surface area contributed by atoms with Crippen LogP contribution < -0.4 is 5.32 Å². The van der Waals surface area contributed by atoms with E-state index in [1.165, 1.54) is 51.4 Å². The van der Waals surface area contributed by atoms with Crippen LogP contribution in [-0.2, 0) is 9.59 Å². The van der Waals surface area contributed by atoms with Crippen molar-refractivity contribution in [3.05, 3.63) is 0 Å². The van der Waals surface area contributed by atoms with Crippen molar-refractivity contribution < 1.29 is 19.8 Å². The Kier molecular flexibility index (Phi) is 15.0. The second-order valence-corrected chi connectivity index (χ2v) is 6.34. The molecule has 5 nitrogen and oxygen atoms in total. The van der Waals surface area contributed by atoms with E-state index in [2.05, 4.69) is 12.2 Å². The van der Waals surface area contributed by atoms with Crippen molar-refractivity contribution in [2.45, 2.75) is 96.4 Å². The molecule has 23 heavy (non-hydrogen) atoms. The van der Waals surface area contributed by atoms with Gasteiger partial charge < -0.3 is 15.5 Å². The van der Waals surface area contributed by atoms with E-state index in [4.69, 9.17) is 10.2 Å². The fourth-order valence-electron chi connectivity index (χ4n) is 2.73. The van der Waals surface area contributed by atoms with Gasteiger partial charge in [0, 0.05) is 19.0 Å². The minimum absolute atomic E-state index is 0.0847. The molecule has 136 valence electrons. The van der Waals surface area contributed by atoms with Gasteiger partial charge >= 0.3 is 11.9 Å². The maximum absolute atomic E-state index is 10.7. The van der Waals surface area contributed by atoms with E-state index in [9.17, 15) is 9.59 Å². The van der Waals surface area contributed by atoms with E-state index < -0.39 is 11.9 Å². The Morgan fingerprint density at radius 1 is 0.783 bits per heavy atom. The number of hydrogen-bond acceptors (Lipinski definition) is 3. The fraction of sp³-hybridized carbons (Fsp3) is 0.889. The first-order valence-electron chi connectivity index (χ1n) is 9.23. The predicted octanol–water partition coefficient (Wildman–Crippen LogP) is 4.21. The highest BCUT2D eigenvalue weighted by Gasteiger charge is 2.10. The SMILES string of the molecule is CCCCCCCCCCCC(CCC(=O)O)NCCC(=O)O. The van der Waals surface area contributed by atoms with Crippen molar-refractivity contribution in [2.75, 3.05) is 6.54 Å². The van der Waals surface area contributed by atoms with Gasteiger partial charge in [-0.2, -0.15) is 0 Å². The molecule has 0 aromatic rings. The Labute approximate surface area is 140 Å². The third kappa shape index (κ3) is 17.1. The van der Waals surface area contributed by atoms with E-state index in [-0.39, 0.29) is 18.9 Å². The van der Waals surface area contributed by atoms with Crippen molar-refractivity contribution >= 4 is 11.9 Å². The second kappa shape index (κ2) is 15.8. The van der Waals surface area contributed by atoms with Crippen molar-refractivity contribution in [3.63, 3.8) is 0 Å². The molecule has 0 aliphatic rings. The monoisotopic (exact) mass is 329 g/mol. The third-order valence-corrected chi connectivity index (χ3v) is 4.13. The van der Waals surface area contributed by atoms with Crippen LogP contribution in [0.3, 0.4) is 0 Å². The first-order valence-corrected chi connectivity index (χ1v) is 9.23. The van der Waals surface area contributed by atoms with Crippen molar-refractivity contribution in [1.29, 1.82) is 0 Å². The normalized spacial score (nSPS) is 12.2. The van der Waals surface area contributed by atoms with Crippen LogP contribution in [0.4, 0.5) is 0 Å². The summed E-state index contributed by atoms with van der Waals surface area (Å²) in [6, 6.07) is 0.120. The number of aliphatic carboxylic acids is 2. The molecule has 1 unspecified atom stereocenters. The lowest BCUT2D eigenvalue weighted by Gasteiger charge is -2.17. The number of rotatable bonds is 17. The van der Waals surface area contributed by atoms with Crippen LogP contribution in [0.2, 0.25) is 0 Å². The van der Waals surface area contributed by atoms with Gasteiger partial charge in [0.2, 0.25) is 0 Å². The summed E-state index contributed by atoms with van der Waals surface area (Å²) in [4.78, 5) is 21.2. The second-order valence-electron chi connectivity index (χ2n) is 6.34. The fourth-order valence-corrected chi connectivity index (χ4v) is 2.73. The molecule has 0 heterocycles. The molecule has 0 aromatic carbocycles. The lowest BCUT2D eigenvalue weighted by atomic mass is 10.0. The van der Waals surface area contributed by atoms with Gasteiger partial charge in [0.1, 0.15) is 0 Å². The highest BCUT2D eigenvalue weighted by atomic mass is 16.4. The van der Waals surface area contributed by atoms with E-state index in [0.29, 0.717) is 13.0 Å². The quantitative estimate of drug-likeness (QED) is 0.348. The predicted molar refractivity (Wildman–Crippen MR) is 92.8 cm³/mol. The van der Waals surface area contributed by atoms with Gasteiger partial charge in [0.15, 0.2) is 0 Å². The Bertz CT molecular complexity index is 307. The summed E-state index contributed by atoms with van der Waals surface area (Å²) in [5.74, 6) is -1.61. The zero-order valence-electron chi connectivity index (χ0n) is 14.7. The van der Waals surface area contributed by atoms with Crippen LogP contribution in [0, 0.1) is 0 Å². The number of carbonyl (C=O) groups is 2. The first kappa shape index (κ1) is 21.9. The Hall–Kier alpha value is -1.10. The summed E-state index contributed by atoms with van der Waals surface area (Å²) in [7, 11) is 0. The smallest absolute Gasteiger partial charge is 0.304 e. The molecule has 0 spiro atoms. The standard InChI is InChI=1S/C18H35NO4/c1-2-3-4-5-6-7-8-9-10-11-16(12-13-17(20)21)19-15-14-18(22)23/h16,19H,2-15H2,1H3,(H,20,21)(H,22,23). The zero-order valence-corrected chi connectivity index (χ0v) is 14.7. The lowest BCUT2D eigenvalue weighted by Crippen LogP contribution is -2.31. The van der Waals surface area contributed by atoms with Crippen molar-refractivity contribution in [2.24, 2.45) is 0 Å². The highest BCUT2D eigenvalue weighted by molar-refractivity contribution is 5.67. The van der Waals surface area contributed by atoms with Crippen LogP contribution >= 0.6 is 0 Å². The Morgan fingerprint density at radius 2 is 1.30 bits per heavy atom. The average Bonchev–Trinajstić information content (AvgIpc) is 2.49. The maximum Gasteiger partial charge on any atom is 0.304 e. The summed E-state index contributed by atoms with van der Waals surface area (Å²) < 4.78 is 0. The summed E-state index contributed by atoms with van der Waals surface area (Å²) >= 11 is 0. The molecule has 0 bridgehead atoms. The van der Waals surface area contributed by atoms with E-state index in [1.54, 1.807) is 0 Å². The molecule has 0 saturated heterocycles. The minimum Gasteiger partial charge on any atom is -0.481 e. The molecule has 0 radical (unpaired) electrons. The number of hydrogen-bond donors (Lipinski definition) is 3. The molecule has 5 heteroatoms. The van der Waals surface area contributed by atoms with Gasteiger partial charge in [-0.25, -0.2) is 0 Å². The Balaban J connectivity index is 3.68. The molecule has 0 aliphatic carbocycles. The summed E-state index contributed by atoms with van der Waals surface area (Å²) in [6.45, 7) is 2.64.